The molecule has 0 fully saturated rings. The molecule has 0 atom stereocenters. The fourth-order valence-corrected chi connectivity index (χ4v) is 1.88. The van der Waals surface area contributed by atoms with Gasteiger partial charge in [0.1, 0.15) is 0 Å². The molecule has 0 aliphatic heterocycles. The van der Waals surface area contributed by atoms with Crippen molar-refractivity contribution in [1.29, 1.82) is 0 Å². The van der Waals surface area contributed by atoms with Gasteiger partial charge in [-0.05, 0) is 59.8 Å². The van der Waals surface area contributed by atoms with Crippen molar-refractivity contribution in [3.63, 3.8) is 0 Å². The molecule has 0 saturated carbocycles. The third-order valence-electron chi connectivity index (χ3n) is 3.50. The maximum atomic E-state index is 11.1. The average Bonchev–Trinajstić information content (AvgIpc) is 2.38. The number of carbonyl (C=O) groups excluding carboxylic acids is 1. The molecule has 0 aromatic heterocycles. The van der Waals surface area contributed by atoms with Crippen LogP contribution < -0.4 is 0 Å². The molecular formula is C17H30O3. The lowest BCUT2D eigenvalue weighted by Crippen LogP contribution is -2.21. The van der Waals surface area contributed by atoms with Crippen molar-refractivity contribution in [3.8, 4) is 0 Å². The van der Waals surface area contributed by atoms with E-state index in [1.807, 2.05) is 6.92 Å². The Morgan fingerprint density at radius 3 is 2.30 bits per heavy atom. The topological polar surface area (TPSA) is 35.5 Å². The SMILES string of the molecule is COC(=O)/C=C(\C)CC/C=C(\C)CCCC(C)(C)OC. The van der Waals surface area contributed by atoms with Gasteiger partial charge < -0.3 is 9.47 Å². The highest BCUT2D eigenvalue weighted by atomic mass is 16.5. The molecule has 3 heteroatoms. The molecule has 0 aromatic rings. The molecule has 0 saturated heterocycles. The van der Waals surface area contributed by atoms with E-state index in [0.717, 1.165) is 37.7 Å². The van der Waals surface area contributed by atoms with E-state index >= 15 is 0 Å². The summed E-state index contributed by atoms with van der Waals surface area (Å²) in [6.07, 6.45) is 9.00. The monoisotopic (exact) mass is 282 g/mol. The standard InChI is InChI=1S/C17H30O3/c1-14(11-8-12-17(3,4)20-6)9-7-10-15(2)13-16(18)19-5/h9,13H,7-8,10-12H2,1-6H3/b14-9+,15-13+. The van der Waals surface area contributed by atoms with Crippen molar-refractivity contribution in [2.45, 2.75) is 65.4 Å². The molecule has 0 spiro atoms. The van der Waals surface area contributed by atoms with Crippen LogP contribution in [0.5, 0.6) is 0 Å². The molecule has 0 N–H and O–H groups in total. The highest BCUT2D eigenvalue weighted by molar-refractivity contribution is 5.82. The van der Waals surface area contributed by atoms with Crippen molar-refractivity contribution < 1.29 is 14.3 Å². The first kappa shape index (κ1) is 18.9. The van der Waals surface area contributed by atoms with Crippen LogP contribution in [0.2, 0.25) is 0 Å². The fraction of sp³-hybridized carbons (Fsp3) is 0.706. The van der Waals surface area contributed by atoms with Crippen LogP contribution in [0, 0.1) is 0 Å². The molecule has 0 aliphatic carbocycles. The summed E-state index contributed by atoms with van der Waals surface area (Å²) in [7, 11) is 3.16. The molecule has 0 bridgehead atoms. The van der Waals surface area contributed by atoms with Crippen LogP contribution in [0.3, 0.4) is 0 Å². The number of hydrogen-bond acceptors (Lipinski definition) is 3. The summed E-state index contributed by atoms with van der Waals surface area (Å²) in [5, 5.41) is 0. The molecular weight excluding hydrogens is 252 g/mol. The van der Waals surface area contributed by atoms with Crippen LogP contribution in [0.25, 0.3) is 0 Å². The van der Waals surface area contributed by atoms with Crippen LogP contribution in [0.4, 0.5) is 0 Å². The summed E-state index contributed by atoms with van der Waals surface area (Å²) in [5.74, 6) is -0.273. The third kappa shape index (κ3) is 9.79. The van der Waals surface area contributed by atoms with E-state index in [4.69, 9.17) is 4.74 Å². The maximum absolute atomic E-state index is 11.1. The van der Waals surface area contributed by atoms with Crippen LogP contribution in [0.1, 0.15) is 59.8 Å². The molecule has 20 heavy (non-hydrogen) atoms. The highest BCUT2D eigenvalue weighted by Gasteiger charge is 2.14. The van der Waals surface area contributed by atoms with E-state index < -0.39 is 0 Å². The Morgan fingerprint density at radius 1 is 1.10 bits per heavy atom. The first-order chi connectivity index (χ1) is 9.30. The van der Waals surface area contributed by atoms with Gasteiger partial charge in [-0.1, -0.05) is 17.2 Å². The zero-order chi connectivity index (χ0) is 15.6. The van der Waals surface area contributed by atoms with Gasteiger partial charge in [0.15, 0.2) is 0 Å². The highest BCUT2D eigenvalue weighted by Crippen LogP contribution is 2.19. The number of carbonyl (C=O) groups is 1. The number of hydrogen-bond donors (Lipinski definition) is 0. The lowest BCUT2D eigenvalue weighted by Gasteiger charge is -2.22. The maximum Gasteiger partial charge on any atom is 0.330 e. The number of allylic oxidation sites excluding steroid dienone is 3. The summed E-state index contributed by atoms with van der Waals surface area (Å²) in [6.45, 7) is 8.36. The van der Waals surface area contributed by atoms with Crippen LogP contribution in [0.15, 0.2) is 23.3 Å². The molecule has 0 rings (SSSR count). The van der Waals surface area contributed by atoms with Gasteiger partial charge >= 0.3 is 5.97 Å². The Kier molecular flexibility index (Phi) is 9.23. The van der Waals surface area contributed by atoms with Gasteiger partial charge in [-0.2, -0.15) is 0 Å². The van der Waals surface area contributed by atoms with Gasteiger partial charge in [-0.15, -0.1) is 0 Å². The van der Waals surface area contributed by atoms with Gasteiger partial charge in [0.2, 0.25) is 0 Å². The van der Waals surface area contributed by atoms with E-state index in [-0.39, 0.29) is 11.6 Å². The summed E-state index contributed by atoms with van der Waals surface area (Å²) in [6, 6.07) is 0. The quantitative estimate of drug-likeness (QED) is 0.356. The fourth-order valence-electron chi connectivity index (χ4n) is 1.88. The van der Waals surface area contributed by atoms with Crippen molar-refractivity contribution in [2.24, 2.45) is 0 Å². The molecule has 0 amide bonds. The molecule has 0 heterocycles. The number of esters is 1. The normalized spacial score (nSPS) is 13.5. The van der Waals surface area contributed by atoms with Gasteiger partial charge in [-0.25, -0.2) is 4.79 Å². The second kappa shape index (κ2) is 9.76. The summed E-state index contributed by atoms with van der Waals surface area (Å²) in [4.78, 5) is 11.1. The molecule has 0 aliphatic rings. The largest absolute Gasteiger partial charge is 0.466 e. The summed E-state index contributed by atoms with van der Waals surface area (Å²) in [5.41, 5.74) is 2.43. The second-order valence-electron chi connectivity index (χ2n) is 5.92. The van der Waals surface area contributed by atoms with E-state index in [0.29, 0.717) is 0 Å². The smallest absolute Gasteiger partial charge is 0.330 e. The van der Waals surface area contributed by atoms with Gasteiger partial charge in [0.25, 0.3) is 0 Å². The Balaban J connectivity index is 3.97. The first-order valence-electron chi connectivity index (χ1n) is 7.26. The molecule has 3 nitrogen and oxygen atoms in total. The Hall–Kier alpha value is -1.09. The van der Waals surface area contributed by atoms with Crippen LogP contribution in [-0.2, 0) is 14.3 Å². The van der Waals surface area contributed by atoms with Gasteiger partial charge in [0, 0.05) is 13.2 Å². The number of rotatable bonds is 9. The minimum absolute atomic E-state index is 0.0277. The predicted octanol–water partition coefficient (Wildman–Crippen LogP) is 4.43. The molecule has 0 aromatic carbocycles. The van der Waals surface area contributed by atoms with E-state index in [1.165, 1.54) is 12.7 Å². The average molecular weight is 282 g/mol. The number of ether oxygens (including phenoxy) is 2. The van der Waals surface area contributed by atoms with E-state index in [1.54, 1.807) is 13.2 Å². The lowest BCUT2D eigenvalue weighted by atomic mass is 9.98. The zero-order valence-corrected chi connectivity index (χ0v) is 13.9. The van der Waals surface area contributed by atoms with E-state index in [9.17, 15) is 4.79 Å². The molecule has 0 unspecified atom stereocenters. The van der Waals surface area contributed by atoms with Crippen LogP contribution >= 0.6 is 0 Å². The summed E-state index contributed by atoms with van der Waals surface area (Å²) < 4.78 is 10.0. The molecule has 0 radical (unpaired) electrons. The van der Waals surface area contributed by atoms with Gasteiger partial charge in [0.05, 0.1) is 12.7 Å². The molecule has 116 valence electrons. The van der Waals surface area contributed by atoms with Crippen LogP contribution in [-0.4, -0.2) is 25.8 Å². The van der Waals surface area contributed by atoms with Crippen molar-refractivity contribution >= 4 is 5.97 Å². The Morgan fingerprint density at radius 2 is 1.75 bits per heavy atom. The predicted molar refractivity (Wildman–Crippen MR) is 83.7 cm³/mol. The van der Waals surface area contributed by atoms with Crippen molar-refractivity contribution in [2.75, 3.05) is 14.2 Å². The van der Waals surface area contributed by atoms with Crippen molar-refractivity contribution in [1.82, 2.24) is 0 Å². The first-order valence-corrected chi connectivity index (χ1v) is 7.26. The minimum atomic E-state index is -0.273. The van der Waals surface area contributed by atoms with Gasteiger partial charge in [-0.3, -0.25) is 0 Å². The Labute approximate surface area is 124 Å². The zero-order valence-electron chi connectivity index (χ0n) is 13.9. The lowest BCUT2D eigenvalue weighted by molar-refractivity contribution is -0.134. The second-order valence-corrected chi connectivity index (χ2v) is 5.92. The minimum Gasteiger partial charge on any atom is -0.466 e. The van der Waals surface area contributed by atoms with E-state index in [2.05, 4.69) is 31.6 Å². The number of methoxy groups -OCH3 is 2. The van der Waals surface area contributed by atoms with Crippen molar-refractivity contribution in [3.05, 3.63) is 23.3 Å². The Bertz CT molecular complexity index is 351. The summed E-state index contributed by atoms with van der Waals surface area (Å²) >= 11 is 0. The third-order valence-corrected chi connectivity index (χ3v) is 3.50.